The summed E-state index contributed by atoms with van der Waals surface area (Å²) in [5, 5.41) is 9.25. The third-order valence-corrected chi connectivity index (χ3v) is 7.15. The highest BCUT2D eigenvalue weighted by Gasteiger charge is 2.49. The SMILES string of the molecule is O=C(Nc1cccc(C(=O)Nc2ccc(Cl)cn2)c1)NC1CN(Cc2ccccc2)C2(CCC2)C1. The lowest BCUT2D eigenvalue weighted by molar-refractivity contribution is 0.0495. The maximum Gasteiger partial charge on any atom is 0.319 e. The van der Waals surface area contributed by atoms with Crippen molar-refractivity contribution in [2.75, 3.05) is 17.2 Å². The molecule has 2 aromatic carbocycles. The third-order valence-electron chi connectivity index (χ3n) is 6.93. The molecule has 0 bridgehead atoms. The molecule has 1 atom stereocenters. The monoisotopic (exact) mass is 489 g/mol. The topological polar surface area (TPSA) is 86.4 Å². The lowest BCUT2D eigenvalue weighted by Crippen LogP contribution is -2.48. The van der Waals surface area contributed by atoms with Crippen LogP contribution in [0.2, 0.25) is 5.02 Å². The minimum absolute atomic E-state index is 0.0847. The molecule has 1 aliphatic carbocycles. The molecule has 1 aromatic heterocycles. The molecular formula is C27H28ClN5O2. The van der Waals surface area contributed by atoms with E-state index < -0.39 is 0 Å². The Kier molecular flexibility index (Phi) is 6.70. The number of rotatable bonds is 6. The molecule has 1 unspecified atom stereocenters. The number of amides is 3. The average Bonchev–Trinajstić information content (AvgIpc) is 3.19. The van der Waals surface area contributed by atoms with E-state index in [9.17, 15) is 9.59 Å². The highest BCUT2D eigenvalue weighted by Crippen LogP contribution is 2.46. The zero-order valence-corrected chi connectivity index (χ0v) is 20.1. The number of hydrogen-bond acceptors (Lipinski definition) is 4. The second-order valence-corrected chi connectivity index (χ2v) is 9.78. The van der Waals surface area contributed by atoms with E-state index in [0.717, 1.165) is 19.5 Å². The number of carbonyl (C=O) groups excluding carboxylic acids is 2. The first-order chi connectivity index (χ1) is 17.0. The van der Waals surface area contributed by atoms with Crippen molar-refractivity contribution in [2.45, 2.75) is 43.8 Å². The maximum atomic E-state index is 12.8. The number of hydrogen-bond donors (Lipinski definition) is 3. The number of likely N-dealkylation sites (tertiary alicyclic amines) is 1. The van der Waals surface area contributed by atoms with Crippen LogP contribution in [-0.2, 0) is 6.54 Å². The van der Waals surface area contributed by atoms with Gasteiger partial charge in [0, 0.05) is 42.1 Å². The summed E-state index contributed by atoms with van der Waals surface area (Å²) in [6.45, 7) is 1.74. The fraction of sp³-hybridized carbons (Fsp3) is 0.296. The van der Waals surface area contributed by atoms with Crippen molar-refractivity contribution in [3.05, 3.63) is 89.1 Å². The minimum atomic E-state index is -0.317. The summed E-state index contributed by atoms with van der Waals surface area (Å²) in [5.41, 5.74) is 2.47. The molecule has 2 fully saturated rings. The summed E-state index contributed by atoms with van der Waals surface area (Å²) in [4.78, 5) is 32.0. The molecule has 35 heavy (non-hydrogen) atoms. The van der Waals surface area contributed by atoms with Crippen molar-refractivity contribution in [2.24, 2.45) is 0 Å². The van der Waals surface area contributed by atoms with Crippen LogP contribution in [0.5, 0.6) is 0 Å². The van der Waals surface area contributed by atoms with Crippen molar-refractivity contribution in [1.29, 1.82) is 0 Å². The highest BCUT2D eigenvalue weighted by molar-refractivity contribution is 6.30. The molecule has 2 aliphatic rings. The van der Waals surface area contributed by atoms with Crippen LogP contribution in [0.3, 0.4) is 0 Å². The molecule has 180 valence electrons. The van der Waals surface area contributed by atoms with Crippen LogP contribution in [0.25, 0.3) is 0 Å². The van der Waals surface area contributed by atoms with Crippen LogP contribution < -0.4 is 16.0 Å². The van der Waals surface area contributed by atoms with Crippen molar-refractivity contribution >= 4 is 35.0 Å². The van der Waals surface area contributed by atoms with Crippen LogP contribution in [0.15, 0.2) is 72.9 Å². The van der Waals surface area contributed by atoms with Crippen molar-refractivity contribution < 1.29 is 9.59 Å². The van der Waals surface area contributed by atoms with Crippen LogP contribution >= 0.6 is 11.6 Å². The number of pyridine rings is 1. The van der Waals surface area contributed by atoms with Gasteiger partial charge in [-0.25, -0.2) is 9.78 Å². The van der Waals surface area contributed by atoms with E-state index in [2.05, 4.69) is 50.1 Å². The molecule has 1 aliphatic heterocycles. The first-order valence-electron chi connectivity index (χ1n) is 11.9. The van der Waals surface area contributed by atoms with Gasteiger partial charge in [-0.1, -0.05) is 48.0 Å². The lowest BCUT2D eigenvalue weighted by atomic mass is 9.74. The third kappa shape index (κ3) is 5.47. The molecule has 3 aromatic rings. The number of urea groups is 1. The van der Waals surface area contributed by atoms with Gasteiger partial charge in [0.1, 0.15) is 5.82 Å². The molecule has 8 heteroatoms. The average molecular weight is 490 g/mol. The molecule has 2 heterocycles. The largest absolute Gasteiger partial charge is 0.334 e. The molecule has 5 rings (SSSR count). The Morgan fingerprint density at radius 2 is 1.86 bits per heavy atom. The number of halogens is 1. The number of carbonyl (C=O) groups is 2. The van der Waals surface area contributed by atoms with E-state index in [1.54, 1.807) is 36.4 Å². The number of benzene rings is 2. The quantitative estimate of drug-likeness (QED) is 0.438. The molecule has 3 amide bonds. The molecule has 1 spiro atoms. The normalized spacial score (nSPS) is 18.6. The molecule has 1 saturated carbocycles. The second kappa shape index (κ2) is 10.1. The van der Waals surface area contributed by atoms with Crippen molar-refractivity contribution in [3.63, 3.8) is 0 Å². The zero-order chi connectivity index (χ0) is 24.3. The maximum absolute atomic E-state index is 12.8. The summed E-state index contributed by atoms with van der Waals surface area (Å²) in [6.07, 6.45) is 6.03. The fourth-order valence-electron chi connectivity index (χ4n) is 5.08. The number of aromatic nitrogens is 1. The van der Waals surface area contributed by atoms with Gasteiger partial charge in [-0.3, -0.25) is 9.69 Å². The van der Waals surface area contributed by atoms with E-state index in [4.69, 9.17) is 11.6 Å². The molecule has 3 N–H and O–H groups in total. The summed E-state index contributed by atoms with van der Waals surface area (Å²) >= 11 is 5.84. The van der Waals surface area contributed by atoms with Gasteiger partial charge in [0.15, 0.2) is 0 Å². The van der Waals surface area contributed by atoms with Gasteiger partial charge >= 0.3 is 6.03 Å². The van der Waals surface area contributed by atoms with Crippen LogP contribution in [0.4, 0.5) is 16.3 Å². The van der Waals surface area contributed by atoms with E-state index in [1.807, 2.05) is 6.07 Å². The summed E-state index contributed by atoms with van der Waals surface area (Å²) in [6, 6.07) is 20.4. The molecule has 7 nitrogen and oxygen atoms in total. The highest BCUT2D eigenvalue weighted by atomic mass is 35.5. The number of anilines is 2. The molecule has 1 saturated heterocycles. The van der Waals surface area contributed by atoms with Gasteiger partial charge in [-0.2, -0.15) is 0 Å². The first-order valence-corrected chi connectivity index (χ1v) is 12.3. The van der Waals surface area contributed by atoms with Gasteiger partial charge in [0.2, 0.25) is 0 Å². The fourth-order valence-corrected chi connectivity index (χ4v) is 5.19. The Morgan fingerprint density at radius 3 is 2.57 bits per heavy atom. The van der Waals surface area contributed by atoms with E-state index in [1.165, 1.54) is 31.0 Å². The number of nitrogens with one attached hydrogen (secondary N) is 3. The van der Waals surface area contributed by atoms with Crippen LogP contribution in [-0.4, -0.2) is 39.9 Å². The van der Waals surface area contributed by atoms with Crippen LogP contribution in [0, 0.1) is 0 Å². The second-order valence-electron chi connectivity index (χ2n) is 9.34. The predicted molar refractivity (Wildman–Crippen MR) is 138 cm³/mol. The Balaban J connectivity index is 1.18. The Hall–Kier alpha value is -3.42. The van der Waals surface area contributed by atoms with Gasteiger partial charge in [-0.05, 0) is 61.6 Å². The van der Waals surface area contributed by atoms with Gasteiger partial charge in [-0.15, -0.1) is 0 Å². The first kappa shape index (κ1) is 23.3. The minimum Gasteiger partial charge on any atom is -0.334 e. The Labute approximate surface area is 209 Å². The zero-order valence-electron chi connectivity index (χ0n) is 19.3. The number of nitrogens with zero attached hydrogens (tertiary/aromatic N) is 2. The standard InChI is InChI=1S/C27H28ClN5O2/c28-21-10-11-24(29-16-21)32-25(34)20-8-4-9-22(14-20)30-26(35)31-23-15-27(12-5-13-27)33(18-23)17-19-6-2-1-3-7-19/h1-4,6-11,14,16,23H,5,12-13,15,17-18H2,(H,29,32,34)(H2,30,31,35). The Morgan fingerprint density at radius 1 is 1.03 bits per heavy atom. The summed E-state index contributed by atoms with van der Waals surface area (Å²) in [5.74, 6) is 0.0878. The van der Waals surface area contributed by atoms with Crippen LogP contribution in [0.1, 0.15) is 41.6 Å². The molecular weight excluding hydrogens is 462 g/mol. The van der Waals surface area contributed by atoms with E-state index >= 15 is 0 Å². The summed E-state index contributed by atoms with van der Waals surface area (Å²) < 4.78 is 0. The van der Waals surface area contributed by atoms with Crippen molar-refractivity contribution in [3.8, 4) is 0 Å². The predicted octanol–water partition coefficient (Wildman–Crippen LogP) is 5.31. The van der Waals surface area contributed by atoms with E-state index in [-0.39, 0.29) is 23.5 Å². The smallest absolute Gasteiger partial charge is 0.319 e. The Bertz CT molecular complexity index is 1200. The van der Waals surface area contributed by atoms with E-state index in [0.29, 0.717) is 22.1 Å². The molecule has 0 radical (unpaired) electrons. The van der Waals surface area contributed by atoms with Crippen molar-refractivity contribution in [1.82, 2.24) is 15.2 Å². The van der Waals surface area contributed by atoms with Gasteiger partial charge in [0.05, 0.1) is 5.02 Å². The lowest BCUT2D eigenvalue weighted by Gasteiger charge is -2.46. The van der Waals surface area contributed by atoms with Gasteiger partial charge in [0.25, 0.3) is 5.91 Å². The van der Waals surface area contributed by atoms with Gasteiger partial charge < -0.3 is 16.0 Å². The summed E-state index contributed by atoms with van der Waals surface area (Å²) in [7, 11) is 0.